The van der Waals surface area contributed by atoms with Crippen molar-refractivity contribution in [2.24, 2.45) is 0 Å². The van der Waals surface area contributed by atoms with Crippen LogP contribution in [0.3, 0.4) is 0 Å². The van der Waals surface area contributed by atoms with Gasteiger partial charge in [0.2, 0.25) is 0 Å². The largest absolute Gasteiger partial charge is 0.299 e. The Morgan fingerprint density at radius 3 is 3.09 bits per heavy atom. The summed E-state index contributed by atoms with van der Waals surface area (Å²) in [6.07, 6.45) is 1.74. The van der Waals surface area contributed by atoms with E-state index in [1.807, 2.05) is 24.3 Å². The average molecular weight is 147 g/mol. The monoisotopic (exact) mass is 147 g/mol. The van der Waals surface area contributed by atoms with Crippen LogP contribution in [0.4, 0.5) is 0 Å². The molecular weight excluding hydrogens is 138 g/mol. The van der Waals surface area contributed by atoms with Crippen molar-refractivity contribution in [1.29, 1.82) is 5.26 Å². The Hall–Kier alpha value is -1.40. The molecular formula is C8H9N3. The van der Waals surface area contributed by atoms with Crippen LogP contribution in [0.5, 0.6) is 0 Å². The minimum atomic E-state index is 0.372. The predicted molar refractivity (Wildman–Crippen MR) is 41.6 cm³/mol. The number of nitrogens with zero attached hydrogens (tertiary/aromatic N) is 2. The molecule has 1 N–H and O–H groups in total. The van der Waals surface area contributed by atoms with Crippen molar-refractivity contribution in [3.63, 3.8) is 0 Å². The van der Waals surface area contributed by atoms with E-state index >= 15 is 0 Å². The van der Waals surface area contributed by atoms with Crippen LogP contribution < -0.4 is 5.32 Å². The number of nitriles is 1. The zero-order valence-electron chi connectivity index (χ0n) is 6.12. The first-order valence-corrected chi connectivity index (χ1v) is 3.41. The summed E-state index contributed by atoms with van der Waals surface area (Å²) < 4.78 is 0. The van der Waals surface area contributed by atoms with Crippen LogP contribution in [0.2, 0.25) is 0 Å². The Kier molecular flexibility index (Phi) is 3.10. The number of rotatable bonds is 3. The first-order chi connectivity index (χ1) is 5.43. The Morgan fingerprint density at radius 1 is 1.55 bits per heavy atom. The van der Waals surface area contributed by atoms with Crippen molar-refractivity contribution in [2.75, 3.05) is 6.54 Å². The van der Waals surface area contributed by atoms with Crippen molar-refractivity contribution in [3.8, 4) is 6.07 Å². The van der Waals surface area contributed by atoms with Crippen molar-refractivity contribution >= 4 is 0 Å². The molecule has 11 heavy (non-hydrogen) atoms. The summed E-state index contributed by atoms with van der Waals surface area (Å²) in [5.74, 6) is 0. The van der Waals surface area contributed by atoms with Crippen LogP contribution in [0.15, 0.2) is 24.4 Å². The zero-order chi connectivity index (χ0) is 7.94. The lowest BCUT2D eigenvalue weighted by Gasteiger charge is -1.97. The summed E-state index contributed by atoms with van der Waals surface area (Å²) >= 11 is 0. The van der Waals surface area contributed by atoms with E-state index in [-0.39, 0.29) is 0 Å². The van der Waals surface area contributed by atoms with Gasteiger partial charge in [0.15, 0.2) is 0 Å². The molecule has 1 heterocycles. The molecule has 0 radical (unpaired) electrons. The number of hydrogen-bond acceptors (Lipinski definition) is 3. The van der Waals surface area contributed by atoms with Crippen LogP contribution >= 0.6 is 0 Å². The smallest absolute Gasteiger partial charge is 0.0844 e. The van der Waals surface area contributed by atoms with Gasteiger partial charge in [-0.1, -0.05) is 6.07 Å². The van der Waals surface area contributed by atoms with E-state index in [9.17, 15) is 0 Å². The van der Waals surface area contributed by atoms with Gasteiger partial charge >= 0.3 is 0 Å². The van der Waals surface area contributed by atoms with Gasteiger partial charge in [0.25, 0.3) is 0 Å². The Morgan fingerprint density at radius 2 is 2.45 bits per heavy atom. The van der Waals surface area contributed by atoms with Crippen molar-refractivity contribution in [3.05, 3.63) is 30.1 Å². The molecule has 0 fully saturated rings. The van der Waals surface area contributed by atoms with Gasteiger partial charge < -0.3 is 0 Å². The SMILES string of the molecule is N#CCNCc1ccccn1. The highest BCUT2D eigenvalue weighted by atomic mass is 14.9. The van der Waals surface area contributed by atoms with E-state index in [0.29, 0.717) is 13.1 Å². The number of nitrogens with one attached hydrogen (secondary N) is 1. The molecule has 3 heteroatoms. The fourth-order valence-electron chi connectivity index (χ4n) is 0.749. The highest BCUT2D eigenvalue weighted by Crippen LogP contribution is 1.90. The minimum absolute atomic E-state index is 0.372. The molecule has 0 aliphatic heterocycles. The Labute approximate surface area is 65.7 Å². The van der Waals surface area contributed by atoms with Crippen LogP contribution in [0.25, 0.3) is 0 Å². The third kappa shape index (κ3) is 2.78. The Bertz CT molecular complexity index is 237. The third-order valence-corrected chi connectivity index (χ3v) is 1.24. The molecule has 0 unspecified atom stereocenters. The summed E-state index contributed by atoms with van der Waals surface area (Å²) in [6, 6.07) is 7.72. The molecule has 56 valence electrons. The summed E-state index contributed by atoms with van der Waals surface area (Å²) in [6.45, 7) is 1.03. The van der Waals surface area contributed by atoms with Gasteiger partial charge in [0.05, 0.1) is 18.3 Å². The molecule has 1 rings (SSSR count). The molecule has 0 bridgehead atoms. The maximum atomic E-state index is 8.21. The molecule has 0 aliphatic carbocycles. The maximum absolute atomic E-state index is 8.21. The van der Waals surface area contributed by atoms with Crippen molar-refractivity contribution < 1.29 is 0 Å². The van der Waals surface area contributed by atoms with Crippen LogP contribution in [-0.2, 0) is 6.54 Å². The number of hydrogen-bond donors (Lipinski definition) is 1. The number of pyridine rings is 1. The van der Waals surface area contributed by atoms with Gasteiger partial charge in [0.1, 0.15) is 0 Å². The van der Waals surface area contributed by atoms with E-state index < -0.39 is 0 Å². The van der Waals surface area contributed by atoms with Crippen LogP contribution in [0, 0.1) is 11.3 Å². The maximum Gasteiger partial charge on any atom is 0.0844 e. The zero-order valence-corrected chi connectivity index (χ0v) is 6.12. The van der Waals surface area contributed by atoms with Gasteiger partial charge in [-0.15, -0.1) is 0 Å². The summed E-state index contributed by atoms with van der Waals surface area (Å²) in [5, 5.41) is 11.1. The highest BCUT2D eigenvalue weighted by Gasteiger charge is 1.89. The normalized spacial score (nSPS) is 9.00. The quantitative estimate of drug-likeness (QED) is 0.505. The lowest BCUT2D eigenvalue weighted by Crippen LogP contribution is -2.13. The van der Waals surface area contributed by atoms with Gasteiger partial charge in [-0.25, -0.2) is 0 Å². The first kappa shape index (κ1) is 7.70. The third-order valence-electron chi connectivity index (χ3n) is 1.24. The summed E-state index contributed by atoms with van der Waals surface area (Å²) in [7, 11) is 0. The second kappa shape index (κ2) is 4.42. The van der Waals surface area contributed by atoms with E-state index in [0.717, 1.165) is 5.69 Å². The first-order valence-electron chi connectivity index (χ1n) is 3.41. The van der Waals surface area contributed by atoms with E-state index in [4.69, 9.17) is 5.26 Å². The summed E-state index contributed by atoms with van der Waals surface area (Å²) in [5.41, 5.74) is 0.961. The number of aromatic nitrogens is 1. The fourth-order valence-corrected chi connectivity index (χ4v) is 0.749. The van der Waals surface area contributed by atoms with Gasteiger partial charge in [-0.05, 0) is 12.1 Å². The fraction of sp³-hybridized carbons (Fsp3) is 0.250. The van der Waals surface area contributed by atoms with Gasteiger partial charge in [-0.3, -0.25) is 10.3 Å². The second-order valence-electron chi connectivity index (χ2n) is 2.08. The van der Waals surface area contributed by atoms with Crippen molar-refractivity contribution in [2.45, 2.75) is 6.54 Å². The standard InChI is InChI=1S/C8H9N3/c9-4-6-10-7-8-3-1-2-5-11-8/h1-3,5,10H,6-7H2. The molecule has 0 atom stereocenters. The van der Waals surface area contributed by atoms with Crippen LogP contribution in [0.1, 0.15) is 5.69 Å². The van der Waals surface area contributed by atoms with Gasteiger partial charge in [0, 0.05) is 12.7 Å². The molecule has 0 saturated carbocycles. The van der Waals surface area contributed by atoms with E-state index in [1.165, 1.54) is 0 Å². The molecule has 0 aromatic carbocycles. The van der Waals surface area contributed by atoms with E-state index in [1.54, 1.807) is 6.20 Å². The Balaban J connectivity index is 2.35. The molecule has 3 nitrogen and oxygen atoms in total. The van der Waals surface area contributed by atoms with Crippen molar-refractivity contribution in [1.82, 2.24) is 10.3 Å². The lowest BCUT2D eigenvalue weighted by molar-refractivity contribution is 0.745. The molecule has 0 saturated heterocycles. The molecule has 1 aromatic rings. The molecule has 1 aromatic heterocycles. The highest BCUT2D eigenvalue weighted by molar-refractivity contribution is 5.03. The average Bonchev–Trinajstić information content (AvgIpc) is 2.07. The topological polar surface area (TPSA) is 48.7 Å². The summed E-state index contributed by atoms with van der Waals surface area (Å²) in [4.78, 5) is 4.08. The second-order valence-corrected chi connectivity index (χ2v) is 2.08. The minimum Gasteiger partial charge on any atom is -0.299 e. The molecule has 0 amide bonds. The molecule has 0 aliphatic rings. The van der Waals surface area contributed by atoms with Crippen LogP contribution in [-0.4, -0.2) is 11.5 Å². The van der Waals surface area contributed by atoms with E-state index in [2.05, 4.69) is 10.3 Å². The lowest BCUT2D eigenvalue weighted by atomic mass is 10.3. The van der Waals surface area contributed by atoms with Gasteiger partial charge in [-0.2, -0.15) is 5.26 Å². The molecule has 0 spiro atoms. The predicted octanol–water partition coefficient (Wildman–Crippen LogP) is 0.695.